The Labute approximate surface area is 95.6 Å². The molecule has 0 saturated heterocycles. The third kappa shape index (κ3) is 2.60. The van der Waals surface area contributed by atoms with Gasteiger partial charge in [-0.15, -0.1) is 0 Å². The molecule has 15 heavy (non-hydrogen) atoms. The number of aliphatic hydroxyl groups excluding tert-OH is 1. The molecule has 0 bridgehead atoms. The summed E-state index contributed by atoms with van der Waals surface area (Å²) in [7, 11) is 1.38. The number of benzene rings is 1. The first-order valence-electron chi connectivity index (χ1n) is 4.39. The molecule has 2 N–H and O–H groups in total. The fraction of sp³-hybridized carbons (Fsp3) is 0.400. The number of phenols is 1. The van der Waals surface area contributed by atoms with Crippen LogP contribution in [0.4, 0.5) is 4.39 Å². The van der Waals surface area contributed by atoms with E-state index in [1.54, 1.807) is 0 Å². The fourth-order valence-electron chi connectivity index (χ4n) is 1.31. The number of aromatic hydroxyl groups is 1. The van der Waals surface area contributed by atoms with E-state index in [4.69, 9.17) is 9.84 Å². The van der Waals surface area contributed by atoms with Crippen molar-refractivity contribution >= 4 is 15.9 Å². The number of phenolic OH excluding ortho intramolecular Hbond substituents is 1. The van der Waals surface area contributed by atoms with Gasteiger partial charge in [-0.1, -0.05) is 0 Å². The standard InChI is InChI=1S/C10H12BrFO3/c1-5(13)3-6-8(12)4-7(11)10(15-2)9(6)14/h4-5,13-14H,3H2,1-2H3. The molecule has 0 aliphatic heterocycles. The lowest BCUT2D eigenvalue weighted by Gasteiger charge is -2.13. The van der Waals surface area contributed by atoms with Crippen molar-refractivity contribution in [1.82, 2.24) is 0 Å². The van der Waals surface area contributed by atoms with Gasteiger partial charge in [0.1, 0.15) is 5.82 Å². The van der Waals surface area contributed by atoms with Gasteiger partial charge in [0.25, 0.3) is 0 Å². The molecule has 0 amide bonds. The first-order valence-corrected chi connectivity index (χ1v) is 5.18. The Kier molecular flexibility index (Phi) is 3.93. The highest BCUT2D eigenvalue weighted by Gasteiger charge is 2.18. The molecule has 0 fully saturated rings. The van der Waals surface area contributed by atoms with Crippen LogP contribution in [-0.2, 0) is 6.42 Å². The molecule has 1 rings (SSSR count). The Morgan fingerprint density at radius 3 is 2.67 bits per heavy atom. The summed E-state index contributed by atoms with van der Waals surface area (Å²) in [5.41, 5.74) is 0.0602. The SMILES string of the molecule is COc1c(Br)cc(F)c(CC(C)O)c1O. The molecule has 84 valence electrons. The molecule has 3 nitrogen and oxygen atoms in total. The monoisotopic (exact) mass is 278 g/mol. The highest BCUT2D eigenvalue weighted by atomic mass is 79.9. The lowest BCUT2D eigenvalue weighted by molar-refractivity contribution is 0.192. The van der Waals surface area contributed by atoms with E-state index in [1.807, 2.05) is 0 Å². The largest absolute Gasteiger partial charge is 0.504 e. The van der Waals surface area contributed by atoms with E-state index >= 15 is 0 Å². The maximum atomic E-state index is 13.4. The predicted octanol–water partition coefficient (Wildman–Crippen LogP) is 2.23. The van der Waals surface area contributed by atoms with Crippen LogP contribution in [0.1, 0.15) is 12.5 Å². The van der Waals surface area contributed by atoms with Crippen molar-refractivity contribution in [1.29, 1.82) is 0 Å². The molecule has 1 unspecified atom stereocenters. The van der Waals surface area contributed by atoms with Crippen LogP contribution in [0.2, 0.25) is 0 Å². The Bertz CT molecular complexity index is 366. The van der Waals surface area contributed by atoms with Gasteiger partial charge >= 0.3 is 0 Å². The van der Waals surface area contributed by atoms with E-state index < -0.39 is 11.9 Å². The second-order valence-electron chi connectivity index (χ2n) is 3.25. The van der Waals surface area contributed by atoms with Gasteiger partial charge in [-0.05, 0) is 28.9 Å². The average Bonchev–Trinajstić information content (AvgIpc) is 2.12. The summed E-state index contributed by atoms with van der Waals surface area (Å²) in [4.78, 5) is 0. The molecule has 5 heteroatoms. The molecule has 0 radical (unpaired) electrons. The van der Waals surface area contributed by atoms with Gasteiger partial charge in [0.05, 0.1) is 17.7 Å². The van der Waals surface area contributed by atoms with E-state index in [9.17, 15) is 9.50 Å². The van der Waals surface area contributed by atoms with E-state index in [1.165, 1.54) is 20.1 Å². The Morgan fingerprint density at radius 1 is 1.60 bits per heavy atom. The number of rotatable bonds is 3. The quantitative estimate of drug-likeness (QED) is 0.892. The smallest absolute Gasteiger partial charge is 0.175 e. The minimum absolute atomic E-state index is 0.0430. The molecular formula is C10H12BrFO3. The summed E-state index contributed by atoms with van der Waals surface area (Å²) in [6.07, 6.45) is -0.683. The van der Waals surface area contributed by atoms with Crippen molar-refractivity contribution in [2.75, 3.05) is 7.11 Å². The van der Waals surface area contributed by atoms with Crippen LogP contribution in [0.15, 0.2) is 10.5 Å². The van der Waals surface area contributed by atoms with Crippen LogP contribution in [0.3, 0.4) is 0 Å². The normalized spacial score (nSPS) is 12.6. The lowest BCUT2D eigenvalue weighted by atomic mass is 10.1. The Balaban J connectivity index is 3.26. The molecule has 0 saturated carbocycles. The summed E-state index contributed by atoms with van der Waals surface area (Å²) in [5.74, 6) is -0.668. The predicted molar refractivity (Wildman–Crippen MR) is 57.7 cm³/mol. The highest BCUT2D eigenvalue weighted by Crippen LogP contribution is 2.39. The van der Waals surface area contributed by atoms with Crippen molar-refractivity contribution in [3.63, 3.8) is 0 Å². The van der Waals surface area contributed by atoms with Crippen LogP contribution in [0.25, 0.3) is 0 Å². The van der Waals surface area contributed by atoms with Gasteiger partial charge < -0.3 is 14.9 Å². The van der Waals surface area contributed by atoms with Crippen LogP contribution in [0.5, 0.6) is 11.5 Å². The van der Waals surface area contributed by atoms with Gasteiger partial charge in [0.15, 0.2) is 11.5 Å². The molecule has 0 aliphatic rings. The number of methoxy groups -OCH3 is 1. The summed E-state index contributed by atoms with van der Waals surface area (Å²) < 4.78 is 18.7. The van der Waals surface area contributed by atoms with Gasteiger partial charge in [0.2, 0.25) is 0 Å². The minimum atomic E-state index is -0.726. The van der Waals surface area contributed by atoms with Crippen LogP contribution in [0, 0.1) is 5.82 Å². The Hall–Kier alpha value is -0.810. The molecule has 1 aromatic carbocycles. The molecule has 0 aromatic heterocycles. The summed E-state index contributed by atoms with van der Waals surface area (Å²) in [6, 6.07) is 1.20. The van der Waals surface area contributed by atoms with Gasteiger partial charge in [-0.2, -0.15) is 0 Å². The van der Waals surface area contributed by atoms with Crippen LogP contribution >= 0.6 is 15.9 Å². The molecule has 0 heterocycles. The van der Waals surface area contributed by atoms with Gasteiger partial charge in [-0.3, -0.25) is 0 Å². The number of aliphatic hydroxyl groups is 1. The van der Waals surface area contributed by atoms with Crippen molar-refractivity contribution < 1.29 is 19.3 Å². The van der Waals surface area contributed by atoms with Crippen molar-refractivity contribution in [2.45, 2.75) is 19.4 Å². The summed E-state index contributed by atoms with van der Waals surface area (Å²) >= 11 is 3.07. The third-order valence-electron chi connectivity index (χ3n) is 1.96. The fourth-order valence-corrected chi connectivity index (χ4v) is 1.86. The summed E-state index contributed by atoms with van der Waals surface area (Å²) in [5, 5.41) is 18.9. The van der Waals surface area contributed by atoms with E-state index in [2.05, 4.69) is 15.9 Å². The topological polar surface area (TPSA) is 49.7 Å². The zero-order chi connectivity index (χ0) is 11.6. The first-order chi connectivity index (χ1) is 6.97. The number of halogens is 2. The zero-order valence-electron chi connectivity index (χ0n) is 8.42. The minimum Gasteiger partial charge on any atom is -0.504 e. The molecular weight excluding hydrogens is 267 g/mol. The molecule has 1 atom stereocenters. The second-order valence-corrected chi connectivity index (χ2v) is 4.11. The maximum absolute atomic E-state index is 13.4. The molecule has 1 aromatic rings. The van der Waals surface area contributed by atoms with E-state index in [0.29, 0.717) is 4.47 Å². The van der Waals surface area contributed by atoms with E-state index in [-0.39, 0.29) is 23.5 Å². The number of hydrogen-bond acceptors (Lipinski definition) is 3. The number of ether oxygens (including phenoxy) is 1. The lowest BCUT2D eigenvalue weighted by Crippen LogP contribution is -2.07. The second kappa shape index (κ2) is 4.81. The van der Waals surface area contributed by atoms with Gasteiger partial charge in [0, 0.05) is 12.0 Å². The number of hydrogen-bond donors (Lipinski definition) is 2. The van der Waals surface area contributed by atoms with E-state index in [0.717, 1.165) is 0 Å². The van der Waals surface area contributed by atoms with Crippen molar-refractivity contribution in [3.05, 3.63) is 21.9 Å². The molecule has 0 spiro atoms. The summed E-state index contributed by atoms with van der Waals surface area (Å²) in [6.45, 7) is 1.52. The van der Waals surface area contributed by atoms with Crippen molar-refractivity contribution in [2.24, 2.45) is 0 Å². The Morgan fingerprint density at radius 2 is 2.20 bits per heavy atom. The third-order valence-corrected chi connectivity index (χ3v) is 2.55. The maximum Gasteiger partial charge on any atom is 0.175 e. The van der Waals surface area contributed by atoms with Crippen LogP contribution < -0.4 is 4.74 Å². The zero-order valence-corrected chi connectivity index (χ0v) is 10.0. The van der Waals surface area contributed by atoms with Crippen LogP contribution in [-0.4, -0.2) is 23.4 Å². The molecule has 0 aliphatic carbocycles. The first kappa shape index (κ1) is 12.3. The highest BCUT2D eigenvalue weighted by molar-refractivity contribution is 9.10. The average molecular weight is 279 g/mol. The van der Waals surface area contributed by atoms with Gasteiger partial charge in [-0.25, -0.2) is 4.39 Å². The van der Waals surface area contributed by atoms with Crippen molar-refractivity contribution in [3.8, 4) is 11.5 Å².